The van der Waals surface area contributed by atoms with Gasteiger partial charge in [-0.3, -0.25) is 4.57 Å². The van der Waals surface area contributed by atoms with Crippen LogP contribution in [0.4, 0.5) is 0 Å². The molecule has 0 saturated heterocycles. The van der Waals surface area contributed by atoms with Crippen molar-refractivity contribution < 1.29 is 37.3 Å². The number of esters is 1. The first-order chi connectivity index (χ1) is 9.66. The molecule has 0 aliphatic heterocycles. The Morgan fingerprint density at radius 1 is 1.14 bits per heavy atom. The standard InChI is InChI=1S/C12H24NO7P/c1-5-12(14)18-10-8-17-9-11-20-21(15,16)19-7-6-13(2,3)4/h5H,1,6-11H2,2-4H3. The zero-order chi connectivity index (χ0) is 16.4. The van der Waals surface area contributed by atoms with Crippen LogP contribution < -0.4 is 4.89 Å². The molecule has 0 aromatic carbocycles. The third kappa shape index (κ3) is 14.0. The summed E-state index contributed by atoms with van der Waals surface area (Å²) in [5.74, 6) is -0.537. The smallest absolute Gasteiger partial charge is 0.330 e. The van der Waals surface area contributed by atoms with Gasteiger partial charge in [0, 0.05) is 6.08 Å². The Labute approximate surface area is 125 Å². The predicted molar refractivity (Wildman–Crippen MR) is 74.4 cm³/mol. The number of ether oxygens (including phenoxy) is 2. The monoisotopic (exact) mass is 325 g/mol. The lowest BCUT2D eigenvalue weighted by Crippen LogP contribution is -2.37. The summed E-state index contributed by atoms with van der Waals surface area (Å²) >= 11 is 0. The van der Waals surface area contributed by atoms with Crippen LogP contribution in [0.3, 0.4) is 0 Å². The van der Waals surface area contributed by atoms with Gasteiger partial charge in [-0.25, -0.2) is 4.79 Å². The van der Waals surface area contributed by atoms with E-state index in [1.54, 1.807) is 0 Å². The first-order valence-electron chi connectivity index (χ1n) is 6.44. The number of phosphoric ester groups is 1. The van der Waals surface area contributed by atoms with Gasteiger partial charge in [0.1, 0.15) is 19.8 Å². The summed E-state index contributed by atoms with van der Waals surface area (Å²) in [5.41, 5.74) is 0. The van der Waals surface area contributed by atoms with Crippen molar-refractivity contribution in [3.8, 4) is 0 Å². The van der Waals surface area contributed by atoms with Crippen molar-refractivity contribution in [2.24, 2.45) is 0 Å². The van der Waals surface area contributed by atoms with Crippen LogP contribution in [0.25, 0.3) is 0 Å². The lowest BCUT2D eigenvalue weighted by atomic mass is 10.5. The van der Waals surface area contributed by atoms with E-state index in [-0.39, 0.29) is 33.0 Å². The highest BCUT2D eigenvalue weighted by Crippen LogP contribution is 2.37. The number of carbonyl (C=O) groups excluding carboxylic acids is 1. The average Bonchev–Trinajstić information content (AvgIpc) is 2.35. The van der Waals surface area contributed by atoms with Crippen molar-refractivity contribution in [1.29, 1.82) is 0 Å². The van der Waals surface area contributed by atoms with Gasteiger partial charge in [-0.05, 0) is 0 Å². The van der Waals surface area contributed by atoms with Crippen molar-refractivity contribution in [1.82, 2.24) is 0 Å². The van der Waals surface area contributed by atoms with Crippen LogP contribution in [0.5, 0.6) is 0 Å². The Kier molecular flexibility index (Phi) is 9.68. The molecule has 21 heavy (non-hydrogen) atoms. The second kappa shape index (κ2) is 10.0. The van der Waals surface area contributed by atoms with Crippen molar-refractivity contribution in [2.45, 2.75) is 0 Å². The number of phosphoric acid groups is 1. The molecule has 124 valence electrons. The Hall–Kier alpha value is -0.760. The van der Waals surface area contributed by atoms with Crippen molar-refractivity contribution >= 4 is 13.8 Å². The van der Waals surface area contributed by atoms with E-state index < -0.39 is 13.8 Å². The fraction of sp³-hybridized carbons (Fsp3) is 0.750. The molecule has 1 atom stereocenters. The van der Waals surface area contributed by atoms with Gasteiger partial charge in [0.2, 0.25) is 0 Å². The number of hydrogen-bond acceptors (Lipinski definition) is 7. The van der Waals surface area contributed by atoms with Crippen molar-refractivity contribution in [2.75, 3.05) is 60.7 Å². The molecule has 0 amide bonds. The van der Waals surface area contributed by atoms with E-state index in [4.69, 9.17) is 9.26 Å². The molecule has 0 fully saturated rings. The molecule has 0 aliphatic rings. The minimum Gasteiger partial charge on any atom is -0.756 e. The second-order valence-electron chi connectivity index (χ2n) is 5.11. The molecule has 0 spiro atoms. The van der Waals surface area contributed by atoms with E-state index in [9.17, 15) is 14.3 Å². The predicted octanol–water partition coefficient (Wildman–Crippen LogP) is -0.0600. The normalized spacial score (nSPS) is 14.5. The number of quaternary nitrogens is 1. The van der Waals surface area contributed by atoms with Crippen LogP contribution in [-0.4, -0.2) is 71.2 Å². The van der Waals surface area contributed by atoms with Gasteiger partial charge < -0.3 is 27.9 Å². The average molecular weight is 325 g/mol. The fourth-order valence-corrected chi connectivity index (χ4v) is 1.71. The SMILES string of the molecule is C=CC(=O)OCCOCCOP(=O)([O-])OCC[N+](C)(C)C. The summed E-state index contributed by atoms with van der Waals surface area (Å²) in [6.07, 6.45) is 1.05. The lowest BCUT2D eigenvalue weighted by Gasteiger charge is -2.27. The summed E-state index contributed by atoms with van der Waals surface area (Å²) in [5, 5.41) is 0. The molecular formula is C12H24NO7P. The highest BCUT2D eigenvalue weighted by molar-refractivity contribution is 7.45. The molecule has 0 radical (unpaired) electrons. The minimum atomic E-state index is -4.29. The van der Waals surface area contributed by atoms with E-state index in [2.05, 4.69) is 15.8 Å². The summed E-state index contributed by atoms with van der Waals surface area (Å²) in [6.45, 7) is 3.96. The van der Waals surface area contributed by atoms with Gasteiger partial charge in [0.25, 0.3) is 7.82 Å². The first-order valence-corrected chi connectivity index (χ1v) is 7.90. The van der Waals surface area contributed by atoms with E-state index in [0.29, 0.717) is 11.0 Å². The Balaban J connectivity index is 3.59. The lowest BCUT2D eigenvalue weighted by molar-refractivity contribution is -0.870. The maximum atomic E-state index is 11.4. The van der Waals surface area contributed by atoms with Crippen LogP contribution in [0.1, 0.15) is 0 Å². The number of nitrogens with zero attached hydrogens (tertiary/aromatic N) is 1. The number of carbonyl (C=O) groups is 1. The molecule has 0 N–H and O–H groups in total. The molecule has 8 nitrogen and oxygen atoms in total. The van der Waals surface area contributed by atoms with Gasteiger partial charge in [-0.2, -0.15) is 0 Å². The third-order valence-electron chi connectivity index (χ3n) is 2.13. The number of likely N-dealkylation sites (N-methyl/N-ethyl adjacent to an activating group) is 1. The topological polar surface area (TPSA) is 94.1 Å². The molecule has 9 heteroatoms. The molecule has 0 heterocycles. The van der Waals surface area contributed by atoms with E-state index >= 15 is 0 Å². The Morgan fingerprint density at radius 2 is 1.71 bits per heavy atom. The molecule has 1 unspecified atom stereocenters. The van der Waals surface area contributed by atoms with Gasteiger partial charge in [0.05, 0.1) is 41.0 Å². The number of rotatable bonds is 12. The summed E-state index contributed by atoms with van der Waals surface area (Å²) in [7, 11) is 1.48. The molecule has 0 aromatic rings. The highest BCUT2D eigenvalue weighted by Gasteiger charge is 2.13. The quantitative estimate of drug-likeness (QED) is 0.163. The van der Waals surface area contributed by atoms with Crippen LogP contribution in [0, 0.1) is 0 Å². The molecule has 0 rings (SSSR count). The van der Waals surface area contributed by atoms with E-state index in [0.717, 1.165) is 6.08 Å². The largest absolute Gasteiger partial charge is 0.756 e. The molecule has 0 aliphatic carbocycles. The first kappa shape index (κ1) is 20.2. The van der Waals surface area contributed by atoms with Gasteiger partial charge >= 0.3 is 5.97 Å². The summed E-state index contributed by atoms with van der Waals surface area (Å²) in [6, 6.07) is 0. The summed E-state index contributed by atoms with van der Waals surface area (Å²) < 4.78 is 31.0. The van der Waals surface area contributed by atoms with Crippen LogP contribution in [-0.2, 0) is 27.9 Å². The third-order valence-corrected chi connectivity index (χ3v) is 3.12. The Morgan fingerprint density at radius 3 is 2.29 bits per heavy atom. The van der Waals surface area contributed by atoms with Gasteiger partial charge in [-0.1, -0.05) is 6.58 Å². The maximum Gasteiger partial charge on any atom is 0.330 e. The fourth-order valence-electron chi connectivity index (χ4n) is 1.03. The minimum absolute atomic E-state index is 0.0521. The number of hydrogen-bond donors (Lipinski definition) is 0. The van der Waals surface area contributed by atoms with Crippen LogP contribution in [0.2, 0.25) is 0 Å². The van der Waals surface area contributed by atoms with Crippen molar-refractivity contribution in [3.05, 3.63) is 12.7 Å². The van der Waals surface area contributed by atoms with E-state index in [1.807, 2.05) is 21.1 Å². The second-order valence-corrected chi connectivity index (χ2v) is 6.52. The van der Waals surface area contributed by atoms with Gasteiger partial charge in [-0.15, -0.1) is 0 Å². The molecule has 0 bridgehead atoms. The zero-order valence-electron chi connectivity index (χ0n) is 12.8. The van der Waals surface area contributed by atoms with Gasteiger partial charge in [0.15, 0.2) is 0 Å². The zero-order valence-corrected chi connectivity index (χ0v) is 13.7. The van der Waals surface area contributed by atoms with E-state index in [1.165, 1.54) is 0 Å². The highest BCUT2D eigenvalue weighted by atomic mass is 31.2. The maximum absolute atomic E-state index is 11.4. The van der Waals surface area contributed by atoms with Crippen LogP contribution in [0.15, 0.2) is 12.7 Å². The molecular weight excluding hydrogens is 301 g/mol. The molecule has 0 aromatic heterocycles. The Bertz CT molecular complexity index is 367. The summed E-state index contributed by atoms with van der Waals surface area (Å²) in [4.78, 5) is 22.1. The molecule has 0 saturated carbocycles. The van der Waals surface area contributed by atoms with Crippen molar-refractivity contribution in [3.63, 3.8) is 0 Å². The van der Waals surface area contributed by atoms with Crippen LogP contribution >= 0.6 is 7.82 Å².